The lowest BCUT2D eigenvalue weighted by atomic mass is 10.0. The fraction of sp³-hybridized carbons (Fsp3) is 0.474. The van der Waals surface area contributed by atoms with Crippen LogP contribution in [0.5, 0.6) is 0 Å². The maximum absolute atomic E-state index is 12.6. The highest BCUT2D eigenvalue weighted by Gasteiger charge is 2.25. The molecule has 1 aromatic carbocycles. The summed E-state index contributed by atoms with van der Waals surface area (Å²) in [6, 6.07) is 8.13. The third-order valence-corrected chi connectivity index (χ3v) is 4.87. The number of amides is 1. The molecule has 5 nitrogen and oxygen atoms in total. The largest absolute Gasteiger partial charge is 0.399 e. The number of piperidine rings is 1. The Morgan fingerprint density at radius 2 is 2.08 bits per heavy atom. The number of benzene rings is 1. The average Bonchev–Trinajstić information content (AvgIpc) is 3.09. The molecular formula is C19H28Cl2N4O. The second-order valence-electron chi connectivity index (χ2n) is 6.44. The molecule has 0 radical (unpaired) electrons. The quantitative estimate of drug-likeness (QED) is 0.781. The van der Waals surface area contributed by atoms with E-state index in [-0.39, 0.29) is 30.7 Å². The van der Waals surface area contributed by atoms with Crippen LogP contribution in [0.15, 0.2) is 36.7 Å². The van der Waals surface area contributed by atoms with E-state index in [1.54, 1.807) is 0 Å². The second-order valence-corrected chi connectivity index (χ2v) is 6.44. The Balaban J connectivity index is 0.00000169. The van der Waals surface area contributed by atoms with Crippen molar-refractivity contribution in [3.8, 4) is 0 Å². The number of carbonyl (C=O) groups is 1. The number of para-hydroxylation sites is 1. The van der Waals surface area contributed by atoms with Gasteiger partial charge in [-0.2, -0.15) is 0 Å². The molecule has 2 N–H and O–H groups in total. The molecule has 2 aromatic rings. The lowest BCUT2D eigenvalue weighted by Crippen LogP contribution is -2.41. The van der Waals surface area contributed by atoms with E-state index in [9.17, 15) is 4.79 Å². The number of anilines is 1. The number of hydrogen-bond acceptors (Lipinski definition) is 3. The molecule has 1 aliphatic rings. The predicted molar refractivity (Wildman–Crippen MR) is 110 cm³/mol. The first-order chi connectivity index (χ1) is 11.7. The smallest absolute Gasteiger partial charge is 0.222 e. The van der Waals surface area contributed by atoms with Crippen molar-refractivity contribution in [1.29, 1.82) is 0 Å². The summed E-state index contributed by atoms with van der Waals surface area (Å²) in [5, 5.41) is 0. The zero-order valence-electron chi connectivity index (χ0n) is 15.1. The van der Waals surface area contributed by atoms with Gasteiger partial charge in [0, 0.05) is 44.0 Å². The molecule has 0 bridgehead atoms. The molecule has 0 saturated carbocycles. The topological polar surface area (TPSA) is 64.2 Å². The van der Waals surface area contributed by atoms with Crippen molar-refractivity contribution in [1.82, 2.24) is 14.5 Å². The number of carbonyl (C=O) groups excluding carboxylic acids is 1. The van der Waals surface area contributed by atoms with Crippen LogP contribution in [0, 0.1) is 0 Å². The van der Waals surface area contributed by atoms with Crippen LogP contribution in [0.1, 0.15) is 43.6 Å². The molecule has 2 heterocycles. The van der Waals surface area contributed by atoms with Gasteiger partial charge in [0.1, 0.15) is 5.82 Å². The van der Waals surface area contributed by atoms with Gasteiger partial charge >= 0.3 is 0 Å². The number of nitrogen functional groups attached to an aromatic ring is 1. The van der Waals surface area contributed by atoms with Crippen molar-refractivity contribution in [2.75, 3.05) is 18.8 Å². The fourth-order valence-electron chi connectivity index (χ4n) is 3.52. The lowest BCUT2D eigenvalue weighted by Gasteiger charge is -2.34. The number of halogens is 2. The molecule has 1 aromatic heterocycles. The van der Waals surface area contributed by atoms with Gasteiger partial charge in [-0.25, -0.2) is 4.98 Å². The zero-order chi connectivity index (χ0) is 16.9. The van der Waals surface area contributed by atoms with E-state index >= 15 is 0 Å². The van der Waals surface area contributed by atoms with E-state index in [4.69, 9.17) is 5.73 Å². The first kappa shape index (κ1) is 22.3. The van der Waals surface area contributed by atoms with Crippen molar-refractivity contribution < 1.29 is 4.79 Å². The molecule has 3 rings (SSSR count). The Kier molecular flexibility index (Phi) is 8.96. The van der Waals surface area contributed by atoms with Crippen LogP contribution < -0.4 is 5.73 Å². The van der Waals surface area contributed by atoms with Crippen LogP contribution in [0.4, 0.5) is 5.69 Å². The van der Waals surface area contributed by atoms with Gasteiger partial charge in [-0.1, -0.05) is 25.1 Å². The van der Waals surface area contributed by atoms with Gasteiger partial charge in [0.2, 0.25) is 5.91 Å². The first-order valence-electron chi connectivity index (χ1n) is 8.82. The van der Waals surface area contributed by atoms with Crippen molar-refractivity contribution in [2.45, 2.75) is 45.1 Å². The van der Waals surface area contributed by atoms with Crippen molar-refractivity contribution in [3.63, 3.8) is 0 Å². The molecule has 1 aliphatic heterocycles. The second kappa shape index (κ2) is 10.4. The Morgan fingerprint density at radius 3 is 2.81 bits per heavy atom. The van der Waals surface area contributed by atoms with E-state index in [2.05, 4.69) is 16.5 Å². The Morgan fingerprint density at radius 1 is 1.31 bits per heavy atom. The van der Waals surface area contributed by atoms with E-state index in [0.29, 0.717) is 18.9 Å². The minimum atomic E-state index is 0. The van der Waals surface area contributed by atoms with Crippen LogP contribution in [0.25, 0.3) is 0 Å². The summed E-state index contributed by atoms with van der Waals surface area (Å²) < 4.78 is 2.24. The fourth-order valence-corrected chi connectivity index (χ4v) is 3.52. The summed E-state index contributed by atoms with van der Waals surface area (Å²) in [4.78, 5) is 19.0. The SMILES string of the molecule is CCc1nccn1C1CCCN(C(=O)CCc2ccccc2N)C1.Cl.Cl. The summed E-state index contributed by atoms with van der Waals surface area (Å²) in [5.74, 6) is 1.33. The van der Waals surface area contributed by atoms with Crippen LogP contribution in [-0.2, 0) is 17.6 Å². The van der Waals surface area contributed by atoms with Crippen LogP contribution >= 0.6 is 24.8 Å². The zero-order valence-corrected chi connectivity index (χ0v) is 16.8. The third-order valence-electron chi connectivity index (χ3n) is 4.87. The first-order valence-corrected chi connectivity index (χ1v) is 8.82. The van der Waals surface area contributed by atoms with Crippen molar-refractivity contribution in [3.05, 3.63) is 48.0 Å². The maximum Gasteiger partial charge on any atom is 0.222 e. The van der Waals surface area contributed by atoms with Crippen molar-refractivity contribution >= 4 is 36.4 Å². The van der Waals surface area contributed by atoms with E-state index in [1.807, 2.05) is 41.6 Å². The lowest BCUT2D eigenvalue weighted by molar-refractivity contribution is -0.132. The van der Waals surface area contributed by atoms with Gasteiger partial charge in [-0.05, 0) is 30.9 Å². The van der Waals surface area contributed by atoms with Gasteiger partial charge in [0.25, 0.3) is 0 Å². The average molecular weight is 399 g/mol. The van der Waals surface area contributed by atoms with Gasteiger partial charge in [0.15, 0.2) is 0 Å². The molecule has 0 aliphatic carbocycles. The van der Waals surface area contributed by atoms with Gasteiger partial charge in [-0.3, -0.25) is 4.79 Å². The Labute approximate surface area is 167 Å². The molecule has 26 heavy (non-hydrogen) atoms. The number of likely N-dealkylation sites (tertiary alicyclic amines) is 1. The van der Waals surface area contributed by atoms with Gasteiger partial charge < -0.3 is 15.2 Å². The molecule has 1 unspecified atom stereocenters. The minimum absolute atomic E-state index is 0. The maximum atomic E-state index is 12.6. The standard InChI is InChI=1S/C19H26N4O.2ClH/c1-2-18-21-11-13-23(18)16-7-5-12-22(14-16)19(24)10-9-15-6-3-4-8-17(15)20;;/h3-4,6,8,11,13,16H,2,5,7,9-10,12,14,20H2,1H3;2*1H. The van der Waals surface area contributed by atoms with Gasteiger partial charge in [0.05, 0.1) is 6.04 Å². The number of hydrogen-bond donors (Lipinski definition) is 1. The van der Waals surface area contributed by atoms with Crippen LogP contribution in [-0.4, -0.2) is 33.4 Å². The van der Waals surface area contributed by atoms with Crippen LogP contribution in [0.2, 0.25) is 0 Å². The summed E-state index contributed by atoms with van der Waals surface area (Å²) in [7, 11) is 0. The highest BCUT2D eigenvalue weighted by molar-refractivity contribution is 5.85. The summed E-state index contributed by atoms with van der Waals surface area (Å²) in [6.07, 6.45) is 8.21. The highest BCUT2D eigenvalue weighted by atomic mass is 35.5. The Hall–Kier alpha value is -1.72. The molecule has 144 valence electrons. The molecule has 1 saturated heterocycles. The molecule has 1 atom stereocenters. The number of aryl methyl sites for hydroxylation is 2. The number of aromatic nitrogens is 2. The molecule has 1 amide bonds. The number of nitrogens with two attached hydrogens (primary N) is 1. The number of imidazole rings is 1. The number of rotatable bonds is 5. The predicted octanol–water partition coefficient (Wildman–Crippen LogP) is 3.67. The van der Waals surface area contributed by atoms with Crippen molar-refractivity contribution in [2.24, 2.45) is 0 Å². The molecule has 0 spiro atoms. The molecular weight excluding hydrogens is 371 g/mol. The summed E-state index contributed by atoms with van der Waals surface area (Å²) >= 11 is 0. The van der Waals surface area contributed by atoms with E-state index < -0.39 is 0 Å². The minimum Gasteiger partial charge on any atom is -0.399 e. The normalized spacial score (nSPS) is 16.5. The summed E-state index contributed by atoms with van der Waals surface area (Å²) in [5.41, 5.74) is 7.80. The molecule has 1 fully saturated rings. The number of nitrogens with zero attached hydrogens (tertiary/aromatic N) is 3. The highest BCUT2D eigenvalue weighted by Crippen LogP contribution is 2.24. The summed E-state index contributed by atoms with van der Waals surface area (Å²) in [6.45, 7) is 3.76. The monoisotopic (exact) mass is 398 g/mol. The van der Waals surface area contributed by atoms with E-state index in [1.165, 1.54) is 0 Å². The Bertz CT molecular complexity index is 704. The van der Waals surface area contributed by atoms with Crippen LogP contribution in [0.3, 0.4) is 0 Å². The molecule has 7 heteroatoms. The third kappa shape index (κ3) is 5.15. The van der Waals surface area contributed by atoms with E-state index in [0.717, 1.165) is 49.4 Å². The van der Waals surface area contributed by atoms with Gasteiger partial charge in [-0.15, -0.1) is 24.8 Å².